The van der Waals surface area contributed by atoms with Crippen LogP contribution in [0, 0.1) is 12.8 Å². The van der Waals surface area contributed by atoms with E-state index in [0.717, 1.165) is 12.1 Å². The van der Waals surface area contributed by atoms with Crippen molar-refractivity contribution in [3.05, 3.63) is 29.3 Å². The molecule has 24 heavy (non-hydrogen) atoms. The zero-order chi connectivity index (χ0) is 18.1. The standard InChI is InChI=1S/C16H19F3N2O3/c1-9-3-4-11(16(17,18)19)7-12(9)20-14(23)15(24)21-6-5-10(2)13(22)8-21/h3-4,7,10,13,22H,5-6,8H2,1-2H3,(H,20,23). The Morgan fingerprint density at radius 3 is 2.58 bits per heavy atom. The summed E-state index contributed by atoms with van der Waals surface area (Å²) < 4.78 is 38.3. The van der Waals surface area contributed by atoms with Gasteiger partial charge in [-0.2, -0.15) is 13.2 Å². The van der Waals surface area contributed by atoms with Crippen LogP contribution in [0.5, 0.6) is 0 Å². The molecule has 0 radical (unpaired) electrons. The number of carbonyl (C=O) groups excluding carboxylic acids is 2. The third-order valence-electron chi connectivity index (χ3n) is 4.21. The molecule has 1 aliphatic rings. The highest BCUT2D eigenvalue weighted by atomic mass is 19.4. The number of alkyl halides is 3. The minimum absolute atomic E-state index is 0.0304. The fourth-order valence-corrected chi connectivity index (χ4v) is 2.49. The van der Waals surface area contributed by atoms with E-state index in [2.05, 4.69) is 5.32 Å². The maximum Gasteiger partial charge on any atom is 0.416 e. The van der Waals surface area contributed by atoms with E-state index in [-0.39, 0.29) is 18.2 Å². The number of nitrogens with one attached hydrogen (secondary N) is 1. The van der Waals surface area contributed by atoms with E-state index in [0.29, 0.717) is 18.5 Å². The molecular formula is C16H19F3N2O3. The first kappa shape index (κ1) is 18.3. The lowest BCUT2D eigenvalue weighted by Gasteiger charge is -2.33. The van der Waals surface area contributed by atoms with Gasteiger partial charge >= 0.3 is 18.0 Å². The number of hydrogen-bond donors (Lipinski definition) is 2. The van der Waals surface area contributed by atoms with Crippen LogP contribution in [0.15, 0.2) is 18.2 Å². The molecule has 0 aromatic heterocycles. The molecule has 1 saturated heterocycles. The number of benzene rings is 1. The Morgan fingerprint density at radius 2 is 2.00 bits per heavy atom. The second-order valence-corrected chi connectivity index (χ2v) is 6.07. The zero-order valence-electron chi connectivity index (χ0n) is 13.4. The van der Waals surface area contributed by atoms with Gasteiger partial charge in [0.05, 0.1) is 11.7 Å². The molecule has 0 aliphatic carbocycles. The van der Waals surface area contributed by atoms with Crippen LogP contribution in [0.2, 0.25) is 0 Å². The highest BCUT2D eigenvalue weighted by molar-refractivity contribution is 6.39. The Bertz CT molecular complexity index is 646. The normalized spacial score (nSPS) is 21.5. The van der Waals surface area contributed by atoms with Gasteiger partial charge in [0.1, 0.15) is 0 Å². The maximum absolute atomic E-state index is 12.8. The van der Waals surface area contributed by atoms with Crippen molar-refractivity contribution in [2.45, 2.75) is 32.5 Å². The predicted molar refractivity (Wildman–Crippen MR) is 81.2 cm³/mol. The van der Waals surface area contributed by atoms with Crippen LogP contribution in [0.3, 0.4) is 0 Å². The second kappa shape index (κ2) is 6.80. The van der Waals surface area contributed by atoms with Crippen LogP contribution in [0.4, 0.5) is 18.9 Å². The summed E-state index contributed by atoms with van der Waals surface area (Å²) in [4.78, 5) is 25.4. The van der Waals surface area contributed by atoms with E-state index >= 15 is 0 Å². The molecule has 1 aromatic carbocycles. The van der Waals surface area contributed by atoms with Gasteiger partial charge in [0, 0.05) is 18.8 Å². The summed E-state index contributed by atoms with van der Waals surface area (Å²) in [6.45, 7) is 3.74. The van der Waals surface area contributed by atoms with Crippen molar-refractivity contribution in [1.82, 2.24) is 4.90 Å². The SMILES string of the molecule is Cc1ccc(C(F)(F)F)cc1NC(=O)C(=O)N1CCC(C)C(O)C1. The van der Waals surface area contributed by atoms with Crippen molar-refractivity contribution in [2.75, 3.05) is 18.4 Å². The molecular weight excluding hydrogens is 325 g/mol. The summed E-state index contributed by atoms with van der Waals surface area (Å²) in [7, 11) is 0. The first-order valence-electron chi connectivity index (χ1n) is 7.55. The highest BCUT2D eigenvalue weighted by Gasteiger charge is 2.33. The van der Waals surface area contributed by atoms with Crippen LogP contribution in [-0.2, 0) is 15.8 Å². The molecule has 8 heteroatoms. The number of aliphatic hydroxyl groups excluding tert-OH is 1. The van der Waals surface area contributed by atoms with Gasteiger partial charge in [-0.25, -0.2) is 0 Å². The minimum atomic E-state index is -4.54. The summed E-state index contributed by atoms with van der Waals surface area (Å²) in [5, 5.41) is 12.0. The molecule has 0 bridgehead atoms. The predicted octanol–water partition coefficient (Wildman–Crippen LogP) is 2.18. The molecule has 1 heterocycles. The summed E-state index contributed by atoms with van der Waals surface area (Å²) in [6.07, 6.45) is -4.70. The van der Waals surface area contributed by atoms with Gasteiger partial charge in [-0.1, -0.05) is 13.0 Å². The molecule has 1 aromatic rings. The lowest BCUT2D eigenvalue weighted by molar-refractivity contribution is -0.146. The number of likely N-dealkylation sites (tertiary alicyclic amines) is 1. The average Bonchev–Trinajstić information content (AvgIpc) is 2.50. The Labute approximate surface area is 137 Å². The van der Waals surface area contributed by atoms with E-state index in [4.69, 9.17) is 0 Å². The van der Waals surface area contributed by atoms with Gasteiger partial charge in [0.15, 0.2) is 0 Å². The minimum Gasteiger partial charge on any atom is -0.391 e. The molecule has 132 valence electrons. The second-order valence-electron chi connectivity index (χ2n) is 6.07. The van der Waals surface area contributed by atoms with Crippen molar-refractivity contribution >= 4 is 17.5 Å². The van der Waals surface area contributed by atoms with Crippen molar-refractivity contribution < 1.29 is 27.9 Å². The molecule has 2 atom stereocenters. The number of rotatable bonds is 1. The number of β-amino-alcohol motifs (C(OH)–C–C–N with tert-alkyl or cyclic N) is 1. The number of piperidine rings is 1. The summed E-state index contributed by atoms with van der Waals surface area (Å²) >= 11 is 0. The lowest BCUT2D eigenvalue weighted by Crippen LogP contribution is -2.49. The fraction of sp³-hybridized carbons (Fsp3) is 0.500. The molecule has 1 aliphatic heterocycles. The molecule has 2 N–H and O–H groups in total. The van der Waals surface area contributed by atoms with Gasteiger partial charge in [-0.05, 0) is 37.0 Å². The van der Waals surface area contributed by atoms with Crippen LogP contribution in [0.25, 0.3) is 0 Å². The number of aliphatic hydroxyl groups is 1. The smallest absolute Gasteiger partial charge is 0.391 e. The van der Waals surface area contributed by atoms with Crippen molar-refractivity contribution in [3.8, 4) is 0 Å². The maximum atomic E-state index is 12.8. The summed E-state index contributed by atoms with van der Waals surface area (Å²) in [6, 6.07) is 2.94. The van der Waals surface area contributed by atoms with Crippen LogP contribution < -0.4 is 5.32 Å². The highest BCUT2D eigenvalue weighted by Crippen LogP contribution is 2.32. The molecule has 2 rings (SSSR count). The van der Waals surface area contributed by atoms with E-state index in [1.807, 2.05) is 6.92 Å². The Balaban J connectivity index is 2.10. The molecule has 0 spiro atoms. The number of carbonyl (C=O) groups is 2. The number of amides is 2. The van der Waals surface area contributed by atoms with Gasteiger partial charge in [0.25, 0.3) is 0 Å². The van der Waals surface area contributed by atoms with Crippen molar-refractivity contribution in [2.24, 2.45) is 5.92 Å². The van der Waals surface area contributed by atoms with E-state index in [9.17, 15) is 27.9 Å². The monoisotopic (exact) mass is 344 g/mol. The Hall–Kier alpha value is -2.09. The molecule has 2 unspecified atom stereocenters. The van der Waals surface area contributed by atoms with Crippen molar-refractivity contribution in [1.29, 1.82) is 0 Å². The van der Waals surface area contributed by atoms with E-state index in [1.54, 1.807) is 0 Å². The fourth-order valence-electron chi connectivity index (χ4n) is 2.49. The Kier molecular flexibility index (Phi) is 5.17. The molecule has 1 fully saturated rings. The van der Waals surface area contributed by atoms with Gasteiger partial charge in [-0.3, -0.25) is 9.59 Å². The quantitative estimate of drug-likeness (QED) is 0.767. The Morgan fingerprint density at radius 1 is 1.33 bits per heavy atom. The van der Waals surface area contributed by atoms with Gasteiger partial charge in [0.2, 0.25) is 0 Å². The third kappa shape index (κ3) is 4.05. The van der Waals surface area contributed by atoms with E-state index in [1.165, 1.54) is 17.9 Å². The first-order valence-corrected chi connectivity index (χ1v) is 7.55. The van der Waals surface area contributed by atoms with Crippen LogP contribution in [-0.4, -0.2) is 41.0 Å². The third-order valence-corrected chi connectivity index (χ3v) is 4.21. The molecule has 5 nitrogen and oxygen atoms in total. The van der Waals surface area contributed by atoms with Crippen LogP contribution in [0.1, 0.15) is 24.5 Å². The van der Waals surface area contributed by atoms with Crippen molar-refractivity contribution in [3.63, 3.8) is 0 Å². The number of anilines is 1. The number of hydrogen-bond acceptors (Lipinski definition) is 3. The first-order chi connectivity index (χ1) is 11.1. The summed E-state index contributed by atoms with van der Waals surface area (Å²) in [5.41, 5.74) is -0.552. The molecule has 2 amide bonds. The zero-order valence-corrected chi connectivity index (χ0v) is 13.4. The van der Waals surface area contributed by atoms with Gasteiger partial charge < -0.3 is 15.3 Å². The van der Waals surface area contributed by atoms with E-state index < -0.39 is 29.7 Å². The summed E-state index contributed by atoms with van der Waals surface area (Å²) in [5.74, 6) is -1.85. The number of halogens is 3. The largest absolute Gasteiger partial charge is 0.416 e. The number of nitrogens with zero attached hydrogens (tertiary/aromatic N) is 1. The molecule has 0 saturated carbocycles. The van der Waals surface area contributed by atoms with Crippen LogP contribution >= 0.6 is 0 Å². The van der Waals surface area contributed by atoms with Gasteiger partial charge in [-0.15, -0.1) is 0 Å². The average molecular weight is 344 g/mol. The number of aryl methyl sites for hydroxylation is 1. The lowest BCUT2D eigenvalue weighted by atomic mass is 9.96. The topological polar surface area (TPSA) is 69.6 Å².